The van der Waals surface area contributed by atoms with E-state index in [1.807, 2.05) is 13.8 Å². The van der Waals surface area contributed by atoms with Crippen molar-refractivity contribution in [3.8, 4) is 5.75 Å². The van der Waals surface area contributed by atoms with Crippen LogP contribution in [0.5, 0.6) is 5.75 Å². The minimum atomic E-state index is -2.33. The number of hydrogen-bond donors (Lipinski definition) is 32. The van der Waals surface area contributed by atoms with Crippen LogP contribution in [0.1, 0.15) is 19.4 Å². The fourth-order valence-corrected chi connectivity index (χ4v) is 17.2. The fraction of sp³-hybridized carbons (Fsp3) is 0.905. The summed E-state index contributed by atoms with van der Waals surface area (Å²) >= 11 is 0. The molecule has 11 aliphatic heterocycles. The molecular weight excluding hydrogens is 1750 g/mol. The second-order valence-electron chi connectivity index (χ2n) is 33.5. The second-order valence-corrected chi connectivity index (χ2v) is 33.5. The smallest absolute Gasteiger partial charge is 0.237 e. The molecule has 0 aromatic heterocycles. The molecule has 0 aliphatic carbocycles. The maximum atomic E-state index is 12.3. The Morgan fingerprint density at radius 2 is 0.453 bits per heavy atom. The predicted molar refractivity (Wildman–Crippen MR) is 397 cm³/mol. The minimum Gasteiger partial charge on any atom is -0.462 e. The average molecular weight is 1870 g/mol. The van der Waals surface area contributed by atoms with Gasteiger partial charge in [-0.25, -0.2) is 0 Å². The van der Waals surface area contributed by atoms with Gasteiger partial charge in [0.25, 0.3) is 0 Å². The maximum Gasteiger partial charge on any atom is 0.237 e. The molecule has 0 spiro atoms. The average Bonchev–Trinajstić information content (AvgIpc) is 1.03. The number of hydrogen-bond acceptors (Lipinski definition) is 53. The van der Waals surface area contributed by atoms with Gasteiger partial charge in [0.1, 0.15) is 250 Å². The summed E-state index contributed by atoms with van der Waals surface area (Å²) in [5, 5.41) is 334. The molecule has 54 nitrogen and oxygen atoms in total. The summed E-state index contributed by atoms with van der Waals surface area (Å²) in [7, 11) is 1.17. The number of nitrogens with two attached hydrogens (primary N) is 1. The number of rotatable bonds is 33. The van der Waals surface area contributed by atoms with E-state index in [1.54, 1.807) is 12.1 Å². The summed E-state index contributed by atoms with van der Waals surface area (Å²) in [6, 6.07) is 5.46. The van der Waals surface area contributed by atoms with Crippen molar-refractivity contribution in [1.82, 2.24) is 5.32 Å². The van der Waals surface area contributed by atoms with Gasteiger partial charge in [0.2, 0.25) is 12.2 Å². The number of amides is 1. The molecule has 738 valence electrons. The highest BCUT2D eigenvalue weighted by Crippen LogP contribution is 2.42. The zero-order valence-corrected chi connectivity index (χ0v) is 68.6. The van der Waals surface area contributed by atoms with Crippen LogP contribution in [-0.4, -0.2) is 551 Å². The van der Waals surface area contributed by atoms with Gasteiger partial charge in [-0.1, -0.05) is 26.0 Å². The topological polar surface area (TPSA) is 856 Å². The van der Waals surface area contributed by atoms with Crippen LogP contribution in [0.4, 0.5) is 0 Å². The first-order valence-corrected chi connectivity index (χ1v) is 41.3. The SMILES string of the molecule is COC1C(CO)OC(OC2C(CO)OC(OC3C(CO)OC(OC4C(CO)OC(OC5C(CO)OC(OC6C(CO)OC(OC7C(CO)OC(OC8C(CO)OC(OC9C(CO)OC(OC%10C(CO)OC(Oc%11ccc(CC%12NC(=O)C(N)C%12(C)C)cc%11)C(O)C%10O)C(O)C9O)C(O)C8O)C(O)C7O)C(O)C6O)C(O)C5O)C(O)C4O)C(O)C3O)C(O)C2O)C(O)C1O. The van der Waals surface area contributed by atoms with Gasteiger partial charge in [-0.05, 0) is 24.1 Å². The molecule has 0 radical (unpaired) electrons. The van der Waals surface area contributed by atoms with Crippen molar-refractivity contribution in [3.63, 3.8) is 0 Å². The molecule has 1 amide bonds. The van der Waals surface area contributed by atoms with Crippen LogP contribution in [0.25, 0.3) is 0 Å². The first-order chi connectivity index (χ1) is 60.8. The molecular formula is C74H120N2O52. The van der Waals surface area contributed by atoms with Crippen LogP contribution >= 0.6 is 0 Å². The molecule has 0 bridgehead atoms. The quantitative estimate of drug-likeness (QED) is 0.0311. The molecule has 33 N–H and O–H groups in total. The van der Waals surface area contributed by atoms with Crippen LogP contribution in [0.15, 0.2) is 24.3 Å². The Morgan fingerprint density at radius 1 is 0.281 bits per heavy atom. The van der Waals surface area contributed by atoms with Crippen molar-refractivity contribution in [2.75, 3.05) is 73.2 Å². The van der Waals surface area contributed by atoms with Crippen molar-refractivity contribution in [2.24, 2.45) is 11.1 Å². The Balaban J connectivity index is 0.602. The highest BCUT2D eigenvalue weighted by molar-refractivity contribution is 5.85. The lowest BCUT2D eigenvalue weighted by Gasteiger charge is -2.50. The van der Waals surface area contributed by atoms with E-state index in [4.69, 9.17) is 105 Å². The molecule has 54 heteroatoms. The standard InChI is InChI=1S/C74H120N2O52/c1-74(2)31(76-63(107)62(74)75)8-19-4-6-20(7-5-19)109-64-43(98)33(88)53(22(10-78)111-64)121-66-45(100)35(90)55(24(12-80)113-66)123-68-47(102)37(92)57(26(14-82)115-68)125-70-49(104)39(94)59(28(16-84)117-70)127-72-51(106)41(96)61(30(18-86)119-72)128-73-50(105)40(95)60(29(17-85)118-73)126-71-48(103)38(93)58(27(15-83)116-71)124-69-46(101)36(91)56(25(13-81)114-69)122-67-44(99)34(89)54(23(11-79)112-67)120-65-42(97)32(87)52(108-3)21(9-77)110-65/h4-7,21-62,64-73,77-106H,8-18,75H2,1-3H3,(H,76,107). The summed E-state index contributed by atoms with van der Waals surface area (Å²) < 4.78 is 120. The van der Waals surface area contributed by atoms with E-state index in [0.717, 1.165) is 5.56 Å². The third-order valence-electron chi connectivity index (χ3n) is 25.0. The third-order valence-corrected chi connectivity index (χ3v) is 25.0. The van der Waals surface area contributed by atoms with E-state index in [1.165, 1.54) is 19.2 Å². The van der Waals surface area contributed by atoms with E-state index in [9.17, 15) is 158 Å². The van der Waals surface area contributed by atoms with Gasteiger partial charge < -0.3 is 264 Å². The Kier molecular flexibility index (Phi) is 35.8. The van der Waals surface area contributed by atoms with Gasteiger partial charge in [0, 0.05) is 18.6 Å². The van der Waals surface area contributed by atoms with Crippen molar-refractivity contribution in [1.29, 1.82) is 0 Å². The summed E-state index contributed by atoms with van der Waals surface area (Å²) in [6.45, 7) is -6.68. The van der Waals surface area contributed by atoms with E-state index in [2.05, 4.69) is 5.32 Å². The summed E-state index contributed by atoms with van der Waals surface area (Å²) in [6.07, 6.45) is -98.9. The van der Waals surface area contributed by atoms with E-state index < -0.39 is 385 Å². The molecule has 128 heavy (non-hydrogen) atoms. The van der Waals surface area contributed by atoms with Gasteiger partial charge in [-0.3, -0.25) is 4.79 Å². The lowest BCUT2D eigenvalue weighted by Crippen LogP contribution is -2.68. The zero-order chi connectivity index (χ0) is 93.4. The number of ether oxygens (including phenoxy) is 21. The molecule has 11 saturated heterocycles. The molecule has 1 aromatic carbocycles. The molecule has 0 saturated carbocycles. The van der Waals surface area contributed by atoms with Crippen molar-refractivity contribution < 1.29 is 257 Å². The number of nitrogens with one attached hydrogen (secondary N) is 1. The van der Waals surface area contributed by atoms with Crippen molar-refractivity contribution in [2.45, 2.75) is 339 Å². The highest BCUT2D eigenvalue weighted by Gasteiger charge is 2.62. The Hall–Kier alpha value is -3.55. The van der Waals surface area contributed by atoms with E-state index in [0.29, 0.717) is 6.42 Å². The predicted octanol–water partition coefficient (Wildman–Crippen LogP) is -20.7. The highest BCUT2D eigenvalue weighted by atomic mass is 16.8. The summed E-state index contributed by atoms with van der Waals surface area (Å²) in [4.78, 5) is 12.3. The van der Waals surface area contributed by atoms with Crippen LogP contribution in [-0.2, 0) is 106 Å². The molecule has 11 aliphatic rings. The number of aliphatic hydroxyl groups is 30. The first kappa shape index (κ1) is 103. The van der Waals surface area contributed by atoms with Gasteiger partial charge in [-0.15, -0.1) is 0 Å². The lowest BCUT2D eigenvalue weighted by atomic mass is 9.79. The van der Waals surface area contributed by atoms with E-state index >= 15 is 0 Å². The normalized spacial score (nSPS) is 50.3. The Labute approximate surface area is 725 Å². The van der Waals surface area contributed by atoms with Crippen LogP contribution < -0.4 is 15.8 Å². The van der Waals surface area contributed by atoms with Gasteiger partial charge in [0.05, 0.1) is 72.1 Å². The van der Waals surface area contributed by atoms with Crippen molar-refractivity contribution >= 4 is 5.91 Å². The number of carbonyl (C=O) groups is 1. The number of benzene rings is 1. The largest absolute Gasteiger partial charge is 0.462 e. The van der Waals surface area contributed by atoms with Gasteiger partial charge in [-0.2, -0.15) is 0 Å². The number of aliphatic hydroxyl groups excluding tert-OH is 30. The maximum absolute atomic E-state index is 12.3. The first-order valence-electron chi connectivity index (χ1n) is 41.3. The second kappa shape index (κ2) is 44.3. The zero-order valence-electron chi connectivity index (χ0n) is 68.6. The number of methoxy groups -OCH3 is 1. The van der Waals surface area contributed by atoms with E-state index in [-0.39, 0.29) is 17.7 Å². The van der Waals surface area contributed by atoms with Crippen LogP contribution in [0.2, 0.25) is 0 Å². The monoisotopic (exact) mass is 1870 g/mol. The van der Waals surface area contributed by atoms with Crippen LogP contribution in [0, 0.1) is 5.41 Å². The Bertz CT molecular complexity index is 3530. The molecule has 11 heterocycles. The minimum absolute atomic E-state index is 0.152. The lowest BCUT2D eigenvalue weighted by molar-refractivity contribution is -0.400. The number of carbonyl (C=O) groups excluding carboxylic acids is 1. The summed E-state index contributed by atoms with van der Waals surface area (Å²) in [5.41, 5.74) is 6.31. The third kappa shape index (κ3) is 21.1. The molecule has 11 fully saturated rings. The molecule has 12 rings (SSSR count). The summed E-state index contributed by atoms with van der Waals surface area (Å²) in [5.74, 6) is -0.131. The van der Waals surface area contributed by atoms with Gasteiger partial charge >= 0.3 is 0 Å². The Morgan fingerprint density at radius 3 is 0.625 bits per heavy atom. The molecule has 52 unspecified atom stereocenters. The van der Waals surface area contributed by atoms with Crippen molar-refractivity contribution in [3.05, 3.63) is 29.8 Å². The van der Waals surface area contributed by atoms with Crippen LogP contribution in [0.3, 0.4) is 0 Å². The molecule has 52 atom stereocenters. The van der Waals surface area contributed by atoms with Gasteiger partial charge in [0.15, 0.2) is 56.6 Å². The molecule has 1 aromatic rings. The fourth-order valence-electron chi connectivity index (χ4n) is 17.2.